The van der Waals surface area contributed by atoms with Crippen LogP contribution >= 0.6 is 0 Å². The van der Waals surface area contributed by atoms with Gasteiger partial charge in [0.1, 0.15) is 0 Å². The molecule has 1 aliphatic rings. The summed E-state index contributed by atoms with van der Waals surface area (Å²) in [5.41, 5.74) is 7.88. The number of nitrogens with two attached hydrogens (primary N) is 1. The van der Waals surface area contributed by atoms with Crippen LogP contribution in [0.2, 0.25) is 0 Å². The van der Waals surface area contributed by atoms with Gasteiger partial charge in [-0.25, -0.2) is 0 Å². The second-order valence-corrected chi connectivity index (χ2v) is 5.34. The van der Waals surface area contributed by atoms with E-state index >= 15 is 0 Å². The Labute approximate surface area is 114 Å². The van der Waals surface area contributed by atoms with Crippen LogP contribution in [0.4, 0.5) is 0 Å². The summed E-state index contributed by atoms with van der Waals surface area (Å²) in [6, 6.07) is 13.4. The van der Waals surface area contributed by atoms with Gasteiger partial charge in [-0.1, -0.05) is 24.3 Å². The van der Waals surface area contributed by atoms with Gasteiger partial charge in [0.2, 0.25) is 0 Å². The lowest BCUT2D eigenvalue weighted by Crippen LogP contribution is -2.28. The molecule has 3 nitrogen and oxygen atoms in total. The first-order valence-corrected chi connectivity index (χ1v) is 7.15. The second kappa shape index (κ2) is 5.68. The lowest BCUT2D eigenvalue weighted by molar-refractivity contribution is 0.250. The maximum atomic E-state index is 5.62. The lowest BCUT2D eigenvalue weighted by Gasteiger charge is -2.21. The number of para-hydroxylation sites is 1. The summed E-state index contributed by atoms with van der Waals surface area (Å²) >= 11 is 0. The van der Waals surface area contributed by atoms with Gasteiger partial charge in [-0.3, -0.25) is 9.88 Å². The molecule has 100 valence electrons. The molecule has 1 fully saturated rings. The van der Waals surface area contributed by atoms with E-state index in [-0.39, 0.29) is 0 Å². The van der Waals surface area contributed by atoms with Crippen molar-refractivity contribution >= 4 is 10.9 Å². The third kappa shape index (κ3) is 3.11. The molecule has 0 bridgehead atoms. The summed E-state index contributed by atoms with van der Waals surface area (Å²) in [6.45, 7) is 2.82. The third-order valence-electron chi connectivity index (χ3n) is 3.73. The van der Waals surface area contributed by atoms with E-state index in [1.807, 2.05) is 6.07 Å². The predicted molar refractivity (Wildman–Crippen MR) is 78.8 cm³/mol. The number of hydrogen-bond acceptors (Lipinski definition) is 3. The van der Waals surface area contributed by atoms with Crippen molar-refractivity contribution in [3.05, 3.63) is 42.1 Å². The Morgan fingerprint density at radius 2 is 2.00 bits per heavy atom. The first-order chi connectivity index (χ1) is 9.36. The smallest absolute Gasteiger partial charge is 0.0705 e. The van der Waals surface area contributed by atoms with E-state index in [1.54, 1.807) is 0 Å². The summed E-state index contributed by atoms with van der Waals surface area (Å²) < 4.78 is 0. The fourth-order valence-corrected chi connectivity index (χ4v) is 2.53. The Bertz CT molecular complexity index is 548. The van der Waals surface area contributed by atoms with Gasteiger partial charge in [0.15, 0.2) is 0 Å². The van der Waals surface area contributed by atoms with E-state index in [9.17, 15) is 0 Å². The van der Waals surface area contributed by atoms with Crippen LogP contribution in [0.5, 0.6) is 0 Å². The molecular weight excluding hydrogens is 234 g/mol. The molecule has 0 spiro atoms. The zero-order valence-electron chi connectivity index (χ0n) is 11.3. The summed E-state index contributed by atoms with van der Waals surface area (Å²) in [4.78, 5) is 7.29. The minimum atomic E-state index is 0.764. The highest BCUT2D eigenvalue weighted by atomic mass is 15.2. The predicted octanol–water partition coefficient (Wildman–Crippen LogP) is 2.55. The number of rotatable bonds is 6. The first kappa shape index (κ1) is 12.6. The van der Waals surface area contributed by atoms with Crippen molar-refractivity contribution in [2.45, 2.75) is 31.8 Å². The van der Waals surface area contributed by atoms with Gasteiger partial charge in [-0.05, 0) is 37.9 Å². The van der Waals surface area contributed by atoms with E-state index in [0.717, 1.165) is 37.6 Å². The molecule has 0 radical (unpaired) electrons. The van der Waals surface area contributed by atoms with Gasteiger partial charge in [0.25, 0.3) is 0 Å². The van der Waals surface area contributed by atoms with Crippen molar-refractivity contribution in [1.29, 1.82) is 0 Å². The summed E-state index contributed by atoms with van der Waals surface area (Å²) in [5.74, 6) is 0. The zero-order chi connectivity index (χ0) is 13.1. The van der Waals surface area contributed by atoms with Crippen LogP contribution in [0.25, 0.3) is 10.9 Å². The van der Waals surface area contributed by atoms with Gasteiger partial charge < -0.3 is 5.73 Å². The Kier molecular flexibility index (Phi) is 3.76. The van der Waals surface area contributed by atoms with Crippen LogP contribution in [0.15, 0.2) is 36.4 Å². The molecule has 0 amide bonds. The highest BCUT2D eigenvalue weighted by molar-refractivity contribution is 5.78. The Morgan fingerprint density at radius 1 is 1.16 bits per heavy atom. The van der Waals surface area contributed by atoms with E-state index in [4.69, 9.17) is 10.7 Å². The molecular formula is C16H21N3. The van der Waals surface area contributed by atoms with Gasteiger partial charge in [0.05, 0.1) is 11.2 Å². The van der Waals surface area contributed by atoms with E-state index in [2.05, 4.69) is 35.2 Å². The maximum Gasteiger partial charge on any atom is 0.0705 e. The van der Waals surface area contributed by atoms with Crippen LogP contribution in [0, 0.1) is 0 Å². The third-order valence-corrected chi connectivity index (χ3v) is 3.73. The normalized spacial score (nSPS) is 15.3. The fraction of sp³-hybridized carbons (Fsp3) is 0.438. The molecule has 0 saturated heterocycles. The number of nitrogens with zero attached hydrogens (tertiary/aromatic N) is 2. The monoisotopic (exact) mass is 255 g/mol. The van der Waals surface area contributed by atoms with Crippen molar-refractivity contribution in [2.75, 3.05) is 13.1 Å². The summed E-state index contributed by atoms with van der Waals surface area (Å²) in [5, 5.41) is 1.21. The quantitative estimate of drug-likeness (QED) is 0.862. The Hall–Kier alpha value is -1.45. The topological polar surface area (TPSA) is 42.1 Å². The standard InChI is InChI=1S/C16H21N3/c17-10-3-11-19(15-8-9-15)12-14-7-6-13-4-1-2-5-16(13)18-14/h1-2,4-7,15H,3,8-12,17H2. The Balaban J connectivity index is 1.75. The second-order valence-electron chi connectivity index (χ2n) is 5.34. The molecule has 0 aliphatic heterocycles. The minimum Gasteiger partial charge on any atom is -0.330 e. The Morgan fingerprint density at radius 3 is 2.79 bits per heavy atom. The van der Waals surface area contributed by atoms with Crippen LogP contribution in [0.3, 0.4) is 0 Å². The maximum absolute atomic E-state index is 5.62. The van der Waals surface area contributed by atoms with E-state index in [1.165, 1.54) is 23.9 Å². The zero-order valence-corrected chi connectivity index (χ0v) is 11.3. The lowest BCUT2D eigenvalue weighted by atomic mass is 10.2. The number of pyridine rings is 1. The van der Waals surface area contributed by atoms with Gasteiger partial charge >= 0.3 is 0 Å². The van der Waals surface area contributed by atoms with E-state index < -0.39 is 0 Å². The average molecular weight is 255 g/mol. The van der Waals surface area contributed by atoms with Crippen LogP contribution < -0.4 is 5.73 Å². The summed E-state index contributed by atoms with van der Waals surface area (Å²) in [6.07, 6.45) is 3.74. The molecule has 1 aliphatic carbocycles. The summed E-state index contributed by atoms with van der Waals surface area (Å²) in [7, 11) is 0. The van der Waals surface area contributed by atoms with Crippen molar-refractivity contribution < 1.29 is 0 Å². The molecule has 1 heterocycles. The molecule has 19 heavy (non-hydrogen) atoms. The fourth-order valence-electron chi connectivity index (χ4n) is 2.53. The average Bonchev–Trinajstić information content (AvgIpc) is 3.28. The molecule has 1 saturated carbocycles. The molecule has 3 rings (SSSR count). The number of aromatic nitrogens is 1. The highest BCUT2D eigenvalue weighted by Gasteiger charge is 2.28. The van der Waals surface area contributed by atoms with Gasteiger partial charge in [-0.2, -0.15) is 0 Å². The largest absolute Gasteiger partial charge is 0.330 e. The molecule has 2 aromatic rings. The van der Waals surface area contributed by atoms with Gasteiger partial charge in [0, 0.05) is 24.5 Å². The molecule has 1 aromatic heterocycles. The van der Waals surface area contributed by atoms with Crippen LogP contribution in [-0.2, 0) is 6.54 Å². The number of hydrogen-bond donors (Lipinski definition) is 1. The van der Waals surface area contributed by atoms with Crippen molar-refractivity contribution in [1.82, 2.24) is 9.88 Å². The van der Waals surface area contributed by atoms with Crippen molar-refractivity contribution in [3.8, 4) is 0 Å². The molecule has 3 heteroatoms. The molecule has 0 atom stereocenters. The van der Waals surface area contributed by atoms with Crippen LogP contribution in [-0.4, -0.2) is 29.0 Å². The SMILES string of the molecule is NCCCN(Cc1ccc2ccccc2n1)C1CC1. The van der Waals surface area contributed by atoms with Crippen molar-refractivity contribution in [3.63, 3.8) is 0 Å². The van der Waals surface area contributed by atoms with Crippen molar-refractivity contribution in [2.24, 2.45) is 5.73 Å². The molecule has 2 N–H and O–H groups in total. The minimum absolute atomic E-state index is 0.764. The van der Waals surface area contributed by atoms with Gasteiger partial charge in [-0.15, -0.1) is 0 Å². The first-order valence-electron chi connectivity index (χ1n) is 7.15. The highest BCUT2D eigenvalue weighted by Crippen LogP contribution is 2.28. The van der Waals surface area contributed by atoms with Crippen LogP contribution in [0.1, 0.15) is 25.0 Å². The molecule has 1 aromatic carbocycles. The number of benzene rings is 1. The van der Waals surface area contributed by atoms with E-state index in [0.29, 0.717) is 0 Å². The molecule has 0 unspecified atom stereocenters. The number of fused-ring (bicyclic) bond motifs is 1.